The highest BCUT2D eigenvalue weighted by molar-refractivity contribution is 6.18. The van der Waals surface area contributed by atoms with E-state index in [0.29, 0.717) is 28.0 Å². The minimum absolute atomic E-state index is 0.120. The van der Waals surface area contributed by atoms with Crippen LogP contribution in [0, 0.1) is 5.41 Å². The summed E-state index contributed by atoms with van der Waals surface area (Å²) in [5.41, 5.74) is 8.55. The number of aromatic nitrogens is 3. The van der Waals surface area contributed by atoms with Gasteiger partial charge < -0.3 is 16.0 Å². The molecule has 0 aliphatic heterocycles. The maximum atomic E-state index is 13.1. The number of nitrogens with zero attached hydrogens (tertiary/aromatic N) is 2. The van der Waals surface area contributed by atoms with Gasteiger partial charge in [0.15, 0.2) is 5.78 Å². The molecular weight excluding hydrogens is 402 g/mol. The number of hydrogen-bond acceptors (Lipinski definition) is 5. The van der Waals surface area contributed by atoms with Crippen molar-refractivity contribution in [2.75, 3.05) is 5.32 Å². The normalized spacial score (nSPS) is 12.5. The summed E-state index contributed by atoms with van der Waals surface area (Å²) in [7, 11) is 0. The van der Waals surface area contributed by atoms with E-state index >= 15 is 0 Å². The smallest absolute Gasteiger partial charge is 0.225 e. The summed E-state index contributed by atoms with van der Waals surface area (Å²) in [5, 5.41) is 3.90. The van der Waals surface area contributed by atoms with Gasteiger partial charge in [-0.2, -0.15) is 0 Å². The monoisotopic (exact) mass is 427 g/mol. The van der Waals surface area contributed by atoms with Gasteiger partial charge in [-0.25, -0.2) is 9.97 Å². The van der Waals surface area contributed by atoms with Gasteiger partial charge in [0, 0.05) is 17.4 Å². The van der Waals surface area contributed by atoms with Crippen LogP contribution >= 0.6 is 0 Å². The lowest BCUT2D eigenvalue weighted by Gasteiger charge is -2.28. The van der Waals surface area contributed by atoms with Crippen LogP contribution in [0.4, 0.5) is 11.5 Å². The van der Waals surface area contributed by atoms with Gasteiger partial charge in [0.1, 0.15) is 17.8 Å². The van der Waals surface area contributed by atoms with E-state index in [1.165, 1.54) is 6.33 Å². The van der Waals surface area contributed by atoms with Gasteiger partial charge in [0.05, 0.1) is 16.9 Å². The molecule has 0 saturated heterocycles. The summed E-state index contributed by atoms with van der Waals surface area (Å²) < 4.78 is 0. The SMILES string of the molecule is CC(C)(C)C(C(N)=O)c1cccc(Nc2ncnc3[nH]cc(C(=O)c4ccccc4)c23)c1. The summed E-state index contributed by atoms with van der Waals surface area (Å²) in [6.45, 7) is 5.95. The molecule has 2 aromatic heterocycles. The Kier molecular flexibility index (Phi) is 5.48. The summed E-state index contributed by atoms with van der Waals surface area (Å²) >= 11 is 0. The third kappa shape index (κ3) is 4.09. The number of rotatable bonds is 6. The molecule has 4 N–H and O–H groups in total. The fourth-order valence-electron chi connectivity index (χ4n) is 4.01. The van der Waals surface area contributed by atoms with E-state index in [4.69, 9.17) is 5.73 Å². The summed E-state index contributed by atoms with van der Waals surface area (Å²) in [4.78, 5) is 37.0. The first-order chi connectivity index (χ1) is 15.3. The van der Waals surface area contributed by atoms with Gasteiger partial charge in [0.25, 0.3) is 0 Å². The molecule has 0 aliphatic carbocycles. The van der Waals surface area contributed by atoms with E-state index in [1.54, 1.807) is 18.3 Å². The first-order valence-electron chi connectivity index (χ1n) is 10.3. The van der Waals surface area contributed by atoms with E-state index in [2.05, 4.69) is 20.3 Å². The van der Waals surface area contributed by atoms with Crippen molar-refractivity contribution in [1.82, 2.24) is 15.0 Å². The minimum Gasteiger partial charge on any atom is -0.369 e. The molecule has 0 spiro atoms. The number of ketones is 1. The van der Waals surface area contributed by atoms with E-state index in [-0.39, 0.29) is 17.1 Å². The maximum Gasteiger partial charge on any atom is 0.225 e. The quantitative estimate of drug-likeness (QED) is 0.391. The molecule has 2 aromatic carbocycles. The van der Waals surface area contributed by atoms with E-state index in [9.17, 15) is 9.59 Å². The van der Waals surface area contributed by atoms with Gasteiger partial charge in [-0.3, -0.25) is 9.59 Å². The minimum atomic E-state index is -0.447. The molecule has 0 aliphatic rings. The standard InChI is InChI=1S/C25H25N5O2/c1-25(2,3)20(22(26)32)16-10-7-11-17(12-16)30-24-19-18(13-27-23(19)28-14-29-24)21(31)15-8-5-4-6-9-15/h4-14,20H,1-3H3,(H2,26,32)(H2,27,28,29,30). The van der Waals surface area contributed by atoms with Crippen LogP contribution < -0.4 is 11.1 Å². The number of benzene rings is 2. The number of aromatic amines is 1. The molecule has 1 atom stereocenters. The van der Waals surface area contributed by atoms with Crippen molar-refractivity contribution in [3.05, 3.63) is 83.8 Å². The van der Waals surface area contributed by atoms with Crippen LogP contribution in [0.1, 0.15) is 48.2 Å². The van der Waals surface area contributed by atoms with Crippen molar-refractivity contribution in [2.24, 2.45) is 11.1 Å². The van der Waals surface area contributed by atoms with Crippen molar-refractivity contribution in [3.63, 3.8) is 0 Å². The summed E-state index contributed by atoms with van der Waals surface area (Å²) in [6, 6.07) is 16.6. The molecule has 4 aromatic rings. The molecule has 32 heavy (non-hydrogen) atoms. The van der Waals surface area contributed by atoms with E-state index in [1.807, 2.05) is 63.2 Å². The highest BCUT2D eigenvalue weighted by Crippen LogP contribution is 2.36. The average molecular weight is 428 g/mol. The largest absolute Gasteiger partial charge is 0.369 e. The van der Waals surface area contributed by atoms with Crippen molar-refractivity contribution >= 4 is 34.2 Å². The number of amides is 1. The number of hydrogen-bond donors (Lipinski definition) is 3. The molecule has 7 heteroatoms. The molecule has 1 unspecified atom stereocenters. The van der Waals surface area contributed by atoms with Crippen molar-refractivity contribution in [3.8, 4) is 0 Å². The lowest BCUT2D eigenvalue weighted by Crippen LogP contribution is -2.31. The van der Waals surface area contributed by atoms with E-state index in [0.717, 1.165) is 11.3 Å². The lowest BCUT2D eigenvalue weighted by atomic mass is 9.76. The predicted molar refractivity (Wildman–Crippen MR) is 125 cm³/mol. The van der Waals surface area contributed by atoms with Crippen molar-refractivity contribution in [2.45, 2.75) is 26.7 Å². The van der Waals surface area contributed by atoms with Crippen LogP contribution in [0.15, 0.2) is 67.1 Å². The Balaban J connectivity index is 1.74. The Hall–Kier alpha value is -4.00. The molecule has 7 nitrogen and oxygen atoms in total. The zero-order valence-electron chi connectivity index (χ0n) is 18.2. The Labute approximate surface area is 186 Å². The number of anilines is 2. The second kappa shape index (κ2) is 8.26. The number of nitrogens with two attached hydrogens (primary N) is 1. The van der Waals surface area contributed by atoms with Gasteiger partial charge in [-0.15, -0.1) is 0 Å². The highest BCUT2D eigenvalue weighted by atomic mass is 16.1. The van der Waals surface area contributed by atoms with Crippen LogP contribution in [0.2, 0.25) is 0 Å². The highest BCUT2D eigenvalue weighted by Gasteiger charge is 2.31. The zero-order valence-corrected chi connectivity index (χ0v) is 18.2. The van der Waals surface area contributed by atoms with Crippen LogP contribution in [0.5, 0.6) is 0 Å². The second-order valence-electron chi connectivity index (χ2n) is 8.80. The molecule has 2 heterocycles. The number of carbonyl (C=O) groups is 2. The number of H-pyrrole nitrogens is 1. The predicted octanol–water partition coefficient (Wildman–Crippen LogP) is 4.55. The average Bonchev–Trinajstić information content (AvgIpc) is 3.18. The molecule has 0 saturated carbocycles. The van der Waals surface area contributed by atoms with Gasteiger partial charge in [-0.05, 0) is 23.1 Å². The third-order valence-corrected chi connectivity index (χ3v) is 5.38. The van der Waals surface area contributed by atoms with E-state index < -0.39 is 5.92 Å². The molecule has 0 fully saturated rings. The summed E-state index contributed by atoms with van der Waals surface area (Å²) in [6.07, 6.45) is 3.09. The van der Waals surface area contributed by atoms with Crippen LogP contribution in [-0.2, 0) is 4.79 Å². The second-order valence-corrected chi connectivity index (χ2v) is 8.80. The third-order valence-electron chi connectivity index (χ3n) is 5.38. The first-order valence-corrected chi connectivity index (χ1v) is 10.3. The zero-order chi connectivity index (χ0) is 22.9. The Morgan fingerprint density at radius 3 is 2.47 bits per heavy atom. The van der Waals surface area contributed by atoms with Crippen molar-refractivity contribution in [1.29, 1.82) is 0 Å². The molecule has 0 radical (unpaired) electrons. The fourth-order valence-corrected chi connectivity index (χ4v) is 4.01. The van der Waals surface area contributed by atoms with Crippen LogP contribution in [0.25, 0.3) is 11.0 Å². The van der Waals surface area contributed by atoms with Crippen molar-refractivity contribution < 1.29 is 9.59 Å². The summed E-state index contributed by atoms with van der Waals surface area (Å²) in [5.74, 6) is -0.443. The number of carbonyl (C=O) groups excluding carboxylic acids is 2. The van der Waals surface area contributed by atoms with Crippen LogP contribution in [-0.4, -0.2) is 26.6 Å². The molecule has 4 rings (SSSR count). The maximum absolute atomic E-state index is 13.1. The number of fused-ring (bicyclic) bond motifs is 1. The molecular formula is C25H25N5O2. The number of nitrogens with one attached hydrogen (secondary N) is 2. The topological polar surface area (TPSA) is 114 Å². The lowest BCUT2D eigenvalue weighted by molar-refractivity contribution is -0.121. The van der Waals surface area contributed by atoms with Gasteiger partial charge in [0.2, 0.25) is 5.91 Å². The Morgan fingerprint density at radius 1 is 1.03 bits per heavy atom. The van der Waals surface area contributed by atoms with Gasteiger partial charge >= 0.3 is 0 Å². The van der Waals surface area contributed by atoms with Crippen LogP contribution in [0.3, 0.4) is 0 Å². The number of primary amides is 1. The molecule has 0 bridgehead atoms. The van der Waals surface area contributed by atoms with Gasteiger partial charge in [-0.1, -0.05) is 63.2 Å². The Bertz CT molecular complexity index is 1290. The molecule has 1 amide bonds. The Morgan fingerprint density at radius 2 is 1.78 bits per heavy atom. The molecule has 162 valence electrons. The fraction of sp³-hybridized carbons (Fsp3) is 0.200. The first kappa shape index (κ1) is 21.2.